The van der Waals surface area contributed by atoms with Crippen LogP contribution in [0, 0.1) is 6.92 Å². The summed E-state index contributed by atoms with van der Waals surface area (Å²) >= 11 is 0. The predicted molar refractivity (Wildman–Crippen MR) is 109 cm³/mol. The van der Waals surface area contributed by atoms with Crippen molar-refractivity contribution in [1.82, 2.24) is 4.90 Å². The lowest BCUT2D eigenvalue weighted by molar-refractivity contribution is -0.148. The molecule has 0 N–H and O–H groups in total. The Hall–Kier alpha value is -3.06. The normalized spacial score (nSPS) is 15.5. The summed E-state index contributed by atoms with van der Waals surface area (Å²) in [6.07, 6.45) is -0.846. The molecule has 0 spiro atoms. The number of esters is 1. The second kappa shape index (κ2) is 8.96. The molecular formula is C22H26N2O5. The number of carbonyl (C=O) groups excluding carboxylic acids is 2. The predicted octanol–water partition coefficient (Wildman–Crippen LogP) is 2.40. The van der Waals surface area contributed by atoms with E-state index in [0.29, 0.717) is 18.0 Å². The molecule has 0 fully saturated rings. The van der Waals surface area contributed by atoms with Crippen molar-refractivity contribution in [3.8, 4) is 11.5 Å². The van der Waals surface area contributed by atoms with E-state index in [4.69, 9.17) is 14.2 Å². The van der Waals surface area contributed by atoms with Gasteiger partial charge in [0.2, 0.25) is 12.0 Å². The third-order valence-corrected chi connectivity index (χ3v) is 4.82. The highest BCUT2D eigenvalue weighted by atomic mass is 16.6. The summed E-state index contributed by atoms with van der Waals surface area (Å²) in [5.74, 6) is 0.654. The van der Waals surface area contributed by atoms with Gasteiger partial charge in [-0.2, -0.15) is 0 Å². The smallest absolute Gasteiger partial charge is 0.348 e. The molecule has 0 saturated carbocycles. The van der Waals surface area contributed by atoms with Crippen LogP contribution in [0.15, 0.2) is 42.5 Å². The number of aryl methyl sites for hydroxylation is 1. The first-order valence-electron chi connectivity index (χ1n) is 9.39. The molecule has 7 nitrogen and oxygen atoms in total. The lowest BCUT2D eigenvalue weighted by atomic mass is 10.1. The van der Waals surface area contributed by atoms with Crippen molar-refractivity contribution in [1.29, 1.82) is 0 Å². The number of ether oxygens (including phenoxy) is 3. The highest BCUT2D eigenvalue weighted by Gasteiger charge is 2.34. The van der Waals surface area contributed by atoms with Gasteiger partial charge < -0.3 is 19.1 Å². The molecule has 3 rings (SSSR count). The maximum absolute atomic E-state index is 13.1. The quantitative estimate of drug-likeness (QED) is 0.696. The van der Waals surface area contributed by atoms with E-state index in [-0.39, 0.29) is 19.0 Å². The Kier molecular flexibility index (Phi) is 6.39. The second-order valence-electron chi connectivity index (χ2n) is 7.09. The van der Waals surface area contributed by atoms with Gasteiger partial charge in [-0.3, -0.25) is 9.69 Å². The summed E-state index contributed by atoms with van der Waals surface area (Å²) < 4.78 is 15.9. The highest BCUT2D eigenvalue weighted by Crippen LogP contribution is 2.33. The molecule has 1 aliphatic rings. The van der Waals surface area contributed by atoms with Gasteiger partial charge in [0.15, 0.2) is 0 Å². The zero-order valence-corrected chi connectivity index (χ0v) is 17.2. The third kappa shape index (κ3) is 4.68. The fraction of sp³-hybridized carbons (Fsp3) is 0.364. The average molecular weight is 398 g/mol. The molecule has 0 unspecified atom stereocenters. The molecular weight excluding hydrogens is 372 g/mol. The van der Waals surface area contributed by atoms with Crippen LogP contribution in [0.1, 0.15) is 11.1 Å². The van der Waals surface area contributed by atoms with Gasteiger partial charge in [-0.1, -0.05) is 29.8 Å². The van der Waals surface area contributed by atoms with Crippen molar-refractivity contribution in [2.24, 2.45) is 0 Å². The number of anilines is 1. The minimum Gasteiger partial charge on any atom is -0.496 e. The van der Waals surface area contributed by atoms with E-state index in [0.717, 1.165) is 16.9 Å². The standard InChI is InChI=1S/C22H26N2O5/c1-15-9-10-18(27-3)16(11-15)12-23(2)14-21(25)24-13-20(22(26)28-4)29-19-8-6-5-7-17(19)24/h5-11,20H,12-14H2,1-4H3/t20-/m0/s1. The second-order valence-corrected chi connectivity index (χ2v) is 7.09. The van der Waals surface area contributed by atoms with Crippen LogP contribution in [0.25, 0.3) is 0 Å². The Morgan fingerprint density at radius 1 is 1.21 bits per heavy atom. The van der Waals surface area contributed by atoms with Gasteiger partial charge in [0, 0.05) is 12.1 Å². The molecule has 29 heavy (non-hydrogen) atoms. The van der Waals surface area contributed by atoms with E-state index in [1.165, 1.54) is 7.11 Å². The molecule has 7 heteroatoms. The van der Waals surface area contributed by atoms with Crippen LogP contribution in [0.3, 0.4) is 0 Å². The number of carbonyl (C=O) groups is 2. The van der Waals surface area contributed by atoms with Crippen LogP contribution in [0.4, 0.5) is 5.69 Å². The SMILES string of the molecule is COC(=O)[C@@H]1CN(C(=O)CN(C)Cc2cc(C)ccc2OC)c2ccccc2O1. The minimum absolute atomic E-state index is 0.115. The third-order valence-electron chi connectivity index (χ3n) is 4.82. The first-order chi connectivity index (χ1) is 13.9. The largest absolute Gasteiger partial charge is 0.496 e. The molecule has 0 aliphatic carbocycles. The Bertz CT molecular complexity index is 899. The number of hydrogen-bond acceptors (Lipinski definition) is 6. The first kappa shape index (κ1) is 20.7. The lowest BCUT2D eigenvalue weighted by Gasteiger charge is -2.34. The summed E-state index contributed by atoms with van der Waals surface area (Å²) in [7, 11) is 4.82. The van der Waals surface area contributed by atoms with E-state index in [1.807, 2.05) is 43.1 Å². The van der Waals surface area contributed by atoms with E-state index >= 15 is 0 Å². The molecule has 154 valence electrons. The molecule has 0 saturated heterocycles. The monoisotopic (exact) mass is 398 g/mol. The van der Waals surface area contributed by atoms with Gasteiger partial charge >= 0.3 is 5.97 Å². The van der Waals surface area contributed by atoms with E-state index in [1.54, 1.807) is 24.1 Å². The summed E-state index contributed by atoms with van der Waals surface area (Å²) in [6.45, 7) is 2.87. The van der Waals surface area contributed by atoms with E-state index < -0.39 is 12.1 Å². The number of likely N-dealkylation sites (N-methyl/N-ethyl adjacent to an activating group) is 1. The molecule has 2 aromatic rings. The number of para-hydroxylation sites is 2. The number of amides is 1. The van der Waals surface area contributed by atoms with Crippen molar-refractivity contribution in [2.75, 3.05) is 39.3 Å². The summed E-state index contributed by atoms with van der Waals surface area (Å²) in [4.78, 5) is 28.6. The van der Waals surface area contributed by atoms with Gasteiger partial charge in [0.1, 0.15) is 11.5 Å². The number of nitrogens with zero attached hydrogens (tertiary/aromatic N) is 2. The Morgan fingerprint density at radius 2 is 1.97 bits per heavy atom. The molecule has 1 atom stereocenters. The fourth-order valence-electron chi connectivity index (χ4n) is 3.42. The molecule has 2 aromatic carbocycles. The van der Waals surface area contributed by atoms with Gasteiger partial charge in [0.25, 0.3) is 0 Å². The summed E-state index contributed by atoms with van der Waals surface area (Å²) in [5.41, 5.74) is 2.79. The maximum atomic E-state index is 13.1. The Labute approximate surface area is 170 Å². The number of benzene rings is 2. The van der Waals surface area contributed by atoms with Gasteiger partial charge in [0.05, 0.1) is 33.0 Å². The fourth-order valence-corrected chi connectivity index (χ4v) is 3.42. The van der Waals surface area contributed by atoms with Crippen molar-refractivity contribution < 1.29 is 23.8 Å². The Balaban J connectivity index is 1.75. The zero-order chi connectivity index (χ0) is 21.0. The average Bonchev–Trinajstić information content (AvgIpc) is 2.72. The van der Waals surface area contributed by atoms with E-state index in [2.05, 4.69) is 6.07 Å². The molecule has 1 amide bonds. The van der Waals surface area contributed by atoms with Crippen molar-refractivity contribution in [2.45, 2.75) is 19.6 Å². The molecule has 0 aromatic heterocycles. The lowest BCUT2D eigenvalue weighted by Crippen LogP contribution is -2.49. The van der Waals surface area contributed by atoms with Gasteiger partial charge in [-0.15, -0.1) is 0 Å². The van der Waals surface area contributed by atoms with Crippen LogP contribution >= 0.6 is 0 Å². The first-order valence-corrected chi connectivity index (χ1v) is 9.39. The van der Waals surface area contributed by atoms with Crippen molar-refractivity contribution in [3.63, 3.8) is 0 Å². The molecule has 1 heterocycles. The van der Waals surface area contributed by atoms with Crippen molar-refractivity contribution >= 4 is 17.6 Å². The van der Waals surface area contributed by atoms with Crippen LogP contribution < -0.4 is 14.4 Å². The number of methoxy groups -OCH3 is 2. The molecule has 0 radical (unpaired) electrons. The van der Waals surface area contributed by atoms with Crippen LogP contribution in [-0.4, -0.2) is 57.2 Å². The van der Waals surface area contributed by atoms with Crippen LogP contribution in [-0.2, 0) is 20.9 Å². The topological polar surface area (TPSA) is 68.3 Å². The summed E-state index contributed by atoms with van der Waals surface area (Å²) in [6, 6.07) is 13.2. The maximum Gasteiger partial charge on any atom is 0.348 e. The van der Waals surface area contributed by atoms with Gasteiger partial charge in [-0.25, -0.2) is 4.79 Å². The van der Waals surface area contributed by atoms with Gasteiger partial charge in [-0.05, 0) is 32.2 Å². The number of hydrogen-bond donors (Lipinski definition) is 0. The zero-order valence-electron chi connectivity index (χ0n) is 17.2. The number of rotatable bonds is 6. The summed E-state index contributed by atoms with van der Waals surface area (Å²) in [5, 5.41) is 0. The Morgan fingerprint density at radius 3 is 2.69 bits per heavy atom. The molecule has 1 aliphatic heterocycles. The van der Waals surface area contributed by atoms with E-state index in [9.17, 15) is 9.59 Å². The minimum atomic E-state index is -0.846. The molecule has 0 bridgehead atoms. The van der Waals surface area contributed by atoms with Crippen LogP contribution in [0.2, 0.25) is 0 Å². The van der Waals surface area contributed by atoms with Crippen molar-refractivity contribution in [3.05, 3.63) is 53.6 Å². The van der Waals surface area contributed by atoms with Crippen LogP contribution in [0.5, 0.6) is 11.5 Å². The highest BCUT2D eigenvalue weighted by molar-refractivity contribution is 5.98. The number of fused-ring (bicyclic) bond motifs is 1.